The third-order valence-electron chi connectivity index (χ3n) is 1.68. The molecular weight excluding hydrogens is 257 g/mol. The Morgan fingerprint density at radius 2 is 2.06 bits per heavy atom. The molecule has 0 amide bonds. The molecule has 0 unspecified atom stereocenters. The second-order valence-electron chi connectivity index (χ2n) is 3.15. The average Bonchev–Trinajstić information content (AvgIpc) is 2.18. The molecule has 5 nitrogen and oxygen atoms in total. The fourth-order valence-electron chi connectivity index (χ4n) is 0.987. The number of aliphatic hydroxyl groups excluding tert-OH is 1. The van der Waals surface area contributed by atoms with Crippen LogP contribution in [0.25, 0.3) is 0 Å². The summed E-state index contributed by atoms with van der Waals surface area (Å²) in [4.78, 5) is 10.1. The molecule has 1 rings (SSSR count). The number of nitro benzene ring substituents is 1. The second kappa shape index (κ2) is 5.34. The Labute approximate surface area is 102 Å². The van der Waals surface area contributed by atoms with Crippen molar-refractivity contribution in [3.63, 3.8) is 0 Å². The summed E-state index contributed by atoms with van der Waals surface area (Å²) in [5.41, 5.74) is -0.282. The molecular formula is C9H9Cl2NO4. The van der Waals surface area contributed by atoms with E-state index < -0.39 is 11.0 Å². The number of aliphatic hydroxyl groups is 1. The molecule has 0 aliphatic carbocycles. The molecule has 0 aliphatic rings. The predicted octanol–water partition coefficient (Wildman–Crippen LogP) is 2.66. The number of halogens is 2. The highest BCUT2D eigenvalue weighted by Gasteiger charge is 2.18. The SMILES string of the molecule is C[C@@H](O)COc1cc(Cl)c(Cl)cc1[N+](=O)[O-]. The van der Waals surface area contributed by atoms with Crippen molar-refractivity contribution in [1.82, 2.24) is 0 Å². The molecule has 88 valence electrons. The highest BCUT2D eigenvalue weighted by Crippen LogP contribution is 2.35. The Morgan fingerprint density at radius 1 is 1.50 bits per heavy atom. The van der Waals surface area contributed by atoms with E-state index in [0.717, 1.165) is 6.07 Å². The predicted molar refractivity (Wildman–Crippen MR) is 60.3 cm³/mol. The van der Waals surface area contributed by atoms with E-state index in [1.165, 1.54) is 13.0 Å². The monoisotopic (exact) mass is 265 g/mol. The highest BCUT2D eigenvalue weighted by atomic mass is 35.5. The molecule has 0 aromatic heterocycles. The lowest BCUT2D eigenvalue weighted by Crippen LogP contribution is -2.13. The number of benzene rings is 1. The van der Waals surface area contributed by atoms with E-state index in [4.69, 9.17) is 33.0 Å². The number of hydrogen-bond acceptors (Lipinski definition) is 4. The lowest BCUT2D eigenvalue weighted by atomic mass is 10.3. The van der Waals surface area contributed by atoms with Crippen LogP contribution in [0.4, 0.5) is 5.69 Å². The first-order valence-electron chi connectivity index (χ1n) is 4.36. The summed E-state index contributed by atoms with van der Waals surface area (Å²) in [6, 6.07) is 2.37. The summed E-state index contributed by atoms with van der Waals surface area (Å²) in [5, 5.41) is 19.9. The number of nitro groups is 1. The first-order valence-corrected chi connectivity index (χ1v) is 5.11. The highest BCUT2D eigenvalue weighted by molar-refractivity contribution is 6.42. The molecule has 0 aliphatic heterocycles. The molecule has 16 heavy (non-hydrogen) atoms. The molecule has 1 atom stereocenters. The molecule has 0 heterocycles. The minimum absolute atomic E-state index is 0.0136. The molecule has 0 saturated heterocycles. The van der Waals surface area contributed by atoms with Gasteiger partial charge in [-0.25, -0.2) is 0 Å². The van der Waals surface area contributed by atoms with Gasteiger partial charge in [-0.1, -0.05) is 23.2 Å². The van der Waals surface area contributed by atoms with Crippen LogP contribution >= 0.6 is 23.2 Å². The van der Waals surface area contributed by atoms with Crippen molar-refractivity contribution in [2.75, 3.05) is 6.61 Å². The second-order valence-corrected chi connectivity index (χ2v) is 3.97. The fraction of sp³-hybridized carbons (Fsp3) is 0.333. The average molecular weight is 266 g/mol. The summed E-state index contributed by atoms with van der Waals surface area (Å²) in [6.45, 7) is 1.45. The Balaban J connectivity index is 3.05. The molecule has 0 saturated carbocycles. The summed E-state index contributed by atoms with van der Waals surface area (Å²) in [6.07, 6.45) is -0.728. The van der Waals surface area contributed by atoms with Gasteiger partial charge in [0.2, 0.25) is 0 Å². The summed E-state index contributed by atoms with van der Waals surface area (Å²) in [5.74, 6) is -0.0136. The Hall–Kier alpha value is -1.04. The number of nitrogens with zero attached hydrogens (tertiary/aromatic N) is 1. The molecule has 0 radical (unpaired) electrons. The van der Waals surface area contributed by atoms with E-state index >= 15 is 0 Å². The molecule has 1 N–H and O–H groups in total. The van der Waals surface area contributed by atoms with Gasteiger partial charge in [0.05, 0.1) is 21.1 Å². The van der Waals surface area contributed by atoms with Crippen molar-refractivity contribution >= 4 is 28.9 Å². The van der Waals surface area contributed by atoms with Gasteiger partial charge < -0.3 is 9.84 Å². The Bertz CT molecular complexity index is 409. The zero-order valence-electron chi connectivity index (χ0n) is 8.31. The third kappa shape index (κ3) is 3.23. The van der Waals surface area contributed by atoms with Crippen LogP contribution in [-0.4, -0.2) is 22.7 Å². The molecule has 1 aromatic carbocycles. The first-order chi connectivity index (χ1) is 7.41. The normalized spacial score (nSPS) is 12.2. The summed E-state index contributed by atoms with van der Waals surface area (Å²) < 4.78 is 5.06. The van der Waals surface area contributed by atoms with Gasteiger partial charge in [0.1, 0.15) is 6.61 Å². The third-order valence-corrected chi connectivity index (χ3v) is 2.40. The minimum Gasteiger partial charge on any atom is -0.484 e. The number of rotatable bonds is 4. The van der Waals surface area contributed by atoms with Crippen molar-refractivity contribution in [3.05, 3.63) is 32.3 Å². The fourth-order valence-corrected chi connectivity index (χ4v) is 1.30. The van der Waals surface area contributed by atoms with Gasteiger partial charge in [-0.15, -0.1) is 0 Å². The van der Waals surface area contributed by atoms with Crippen LogP contribution in [0.5, 0.6) is 5.75 Å². The van der Waals surface area contributed by atoms with Crippen molar-refractivity contribution in [3.8, 4) is 5.75 Å². The van der Waals surface area contributed by atoms with E-state index in [2.05, 4.69) is 0 Å². The van der Waals surface area contributed by atoms with Gasteiger partial charge in [-0.05, 0) is 6.92 Å². The van der Waals surface area contributed by atoms with Crippen molar-refractivity contribution in [2.45, 2.75) is 13.0 Å². The van der Waals surface area contributed by atoms with Crippen molar-refractivity contribution in [2.24, 2.45) is 0 Å². The van der Waals surface area contributed by atoms with Crippen LogP contribution < -0.4 is 4.74 Å². The smallest absolute Gasteiger partial charge is 0.312 e. The van der Waals surface area contributed by atoms with Crippen LogP contribution in [0.1, 0.15) is 6.92 Å². The van der Waals surface area contributed by atoms with Crippen LogP contribution in [0.15, 0.2) is 12.1 Å². The van der Waals surface area contributed by atoms with E-state index in [-0.39, 0.29) is 28.1 Å². The van der Waals surface area contributed by atoms with Crippen LogP contribution in [0.2, 0.25) is 10.0 Å². The lowest BCUT2D eigenvalue weighted by molar-refractivity contribution is -0.385. The molecule has 0 bridgehead atoms. The van der Waals surface area contributed by atoms with Crippen molar-refractivity contribution < 1.29 is 14.8 Å². The maximum absolute atomic E-state index is 10.7. The van der Waals surface area contributed by atoms with Gasteiger partial charge in [-0.2, -0.15) is 0 Å². The molecule has 7 heteroatoms. The quantitative estimate of drug-likeness (QED) is 0.671. The number of ether oxygens (including phenoxy) is 1. The Morgan fingerprint density at radius 3 is 2.56 bits per heavy atom. The minimum atomic E-state index is -0.728. The Kier molecular flexibility index (Phi) is 4.35. The molecule has 0 spiro atoms. The van der Waals surface area contributed by atoms with Gasteiger partial charge in [0.25, 0.3) is 0 Å². The van der Waals surface area contributed by atoms with Crippen LogP contribution in [0.3, 0.4) is 0 Å². The van der Waals surface area contributed by atoms with Gasteiger partial charge in [-0.3, -0.25) is 10.1 Å². The zero-order chi connectivity index (χ0) is 12.3. The maximum Gasteiger partial charge on any atom is 0.312 e. The zero-order valence-corrected chi connectivity index (χ0v) is 9.83. The van der Waals surface area contributed by atoms with E-state index in [1.54, 1.807) is 0 Å². The standard InChI is InChI=1S/C9H9Cl2NO4/c1-5(13)4-16-9-3-7(11)6(10)2-8(9)12(14)15/h2-3,5,13H,4H2,1H3/t5-/m1/s1. The largest absolute Gasteiger partial charge is 0.484 e. The van der Waals surface area contributed by atoms with Gasteiger partial charge in [0.15, 0.2) is 5.75 Å². The van der Waals surface area contributed by atoms with Gasteiger partial charge in [0, 0.05) is 12.1 Å². The maximum atomic E-state index is 10.7. The summed E-state index contributed by atoms with van der Waals surface area (Å²) in [7, 11) is 0. The van der Waals surface area contributed by atoms with Crippen molar-refractivity contribution in [1.29, 1.82) is 0 Å². The van der Waals surface area contributed by atoms with E-state index in [1.807, 2.05) is 0 Å². The number of hydrogen-bond donors (Lipinski definition) is 1. The van der Waals surface area contributed by atoms with E-state index in [9.17, 15) is 10.1 Å². The lowest BCUT2D eigenvalue weighted by Gasteiger charge is -2.09. The topological polar surface area (TPSA) is 72.6 Å². The van der Waals surface area contributed by atoms with E-state index in [0.29, 0.717) is 0 Å². The summed E-state index contributed by atoms with van der Waals surface area (Å²) >= 11 is 11.4. The van der Waals surface area contributed by atoms with Crippen LogP contribution in [-0.2, 0) is 0 Å². The van der Waals surface area contributed by atoms with Gasteiger partial charge >= 0.3 is 5.69 Å². The first kappa shape index (κ1) is 13.0. The molecule has 1 aromatic rings. The molecule has 0 fully saturated rings. The van der Waals surface area contributed by atoms with Crippen LogP contribution in [0, 0.1) is 10.1 Å².